The number of aromatic nitrogens is 5. The van der Waals surface area contributed by atoms with E-state index in [1.807, 2.05) is 0 Å². The number of halogens is 2. The van der Waals surface area contributed by atoms with Crippen molar-refractivity contribution < 1.29 is 4.74 Å². The van der Waals surface area contributed by atoms with E-state index in [1.54, 1.807) is 25.3 Å². The lowest BCUT2D eigenvalue weighted by molar-refractivity contribution is 0.200. The van der Waals surface area contributed by atoms with Crippen molar-refractivity contribution in [3.8, 4) is 11.4 Å². The normalized spacial score (nSPS) is 11.1. The highest BCUT2D eigenvalue weighted by molar-refractivity contribution is 8.00. The molecule has 120 valence electrons. The Hall–Kier alpha value is -1.19. The predicted octanol–water partition coefficient (Wildman–Crippen LogP) is 3.97. The van der Waals surface area contributed by atoms with Crippen molar-refractivity contribution in [2.24, 2.45) is 0 Å². The van der Waals surface area contributed by atoms with Gasteiger partial charge in [-0.15, -0.1) is 5.10 Å². The number of ether oxygens (including phenoxy) is 1. The van der Waals surface area contributed by atoms with Crippen LogP contribution in [0.15, 0.2) is 27.7 Å². The molecule has 1 aromatic carbocycles. The Labute approximate surface area is 150 Å². The first-order valence-corrected chi connectivity index (χ1v) is 8.87. The van der Waals surface area contributed by atoms with E-state index >= 15 is 0 Å². The number of benzene rings is 1. The van der Waals surface area contributed by atoms with Gasteiger partial charge in [-0.1, -0.05) is 23.2 Å². The molecule has 10 heteroatoms. The topological polar surface area (TPSA) is 76.6 Å². The molecule has 0 saturated carbocycles. The number of H-pyrrole nitrogens is 1. The second-order valence-corrected chi connectivity index (χ2v) is 7.29. The molecule has 0 aliphatic heterocycles. The Morgan fingerprint density at radius 3 is 2.74 bits per heavy atom. The monoisotopic (exact) mass is 387 g/mol. The summed E-state index contributed by atoms with van der Waals surface area (Å²) in [4.78, 5) is 8.83. The van der Waals surface area contributed by atoms with Crippen molar-refractivity contribution in [3.05, 3.63) is 34.1 Å². The quantitative estimate of drug-likeness (QED) is 0.689. The molecule has 2 aromatic heterocycles. The van der Waals surface area contributed by atoms with Crippen molar-refractivity contribution >= 4 is 46.5 Å². The maximum Gasteiger partial charge on any atom is 0.215 e. The Morgan fingerprint density at radius 2 is 2.00 bits per heavy atom. The van der Waals surface area contributed by atoms with E-state index in [-0.39, 0.29) is 0 Å². The van der Waals surface area contributed by atoms with Crippen molar-refractivity contribution in [1.29, 1.82) is 0 Å². The first-order chi connectivity index (χ1) is 11.1. The smallest absolute Gasteiger partial charge is 0.215 e. The van der Waals surface area contributed by atoms with Crippen LogP contribution in [0, 0.1) is 0 Å². The van der Waals surface area contributed by atoms with Gasteiger partial charge in [-0.25, -0.2) is 9.97 Å². The highest BCUT2D eigenvalue weighted by atomic mass is 35.5. The van der Waals surface area contributed by atoms with Crippen molar-refractivity contribution in [3.63, 3.8) is 0 Å². The summed E-state index contributed by atoms with van der Waals surface area (Å²) in [7, 11) is 1.65. The van der Waals surface area contributed by atoms with Gasteiger partial charge in [-0.05, 0) is 41.5 Å². The molecule has 0 bridgehead atoms. The van der Waals surface area contributed by atoms with Gasteiger partial charge in [0.05, 0.1) is 6.61 Å². The Morgan fingerprint density at radius 1 is 1.22 bits per heavy atom. The van der Waals surface area contributed by atoms with Crippen molar-refractivity contribution in [1.82, 2.24) is 24.5 Å². The average Bonchev–Trinajstić information content (AvgIpc) is 3.14. The highest BCUT2D eigenvalue weighted by Crippen LogP contribution is 2.29. The van der Waals surface area contributed by atoms with Gasteiger partial charge in [0.15, 0.2) is 10.2 Å². The average molecular weight is 388 g/mol. The third kappa shape index (κ3) is 4.42. The van der Waals surface area contributed by atoms with Gasteiger partial charge in [0, 0.05) is 29.1 Å². The third-order valence-corrected chi connectivity index (χ3v) is 4.85. The highest BCUT2D eigenvalue weighted by Gasteiger charge is 2.12. The van der Waals surface area contributed by atoms with Gasteiger partial charge in [0.1, 0.15) is 5.82 Å². The minimum Gasteiger partial charge on any atom is -0.384 e. The number of nitrogens with one attached hydrogen (secondary N) is 1. The zero-order valence-electron chi connectivity index (χ0n) is 11.9. The van der Waals surface area contributed by atoms with E-state index in [1.165, 1.54) is 23.3 Å². The maximum absolute atomic E-state index is 6.00. The van der Waals surface area contributed by atoms with Gasteiger partial charge in [-0.3, -0.25) is 5.10 Å². The van der Waals surface area contributed by atoms with Crippen LogP contribution in [0.2, 0.25) is 10.0 Å². The van der Waals surface area contributed by atoms with Gasteiger partial charge in [0.2, 0.25) is 5.16 Å². The second-order valence-electron chi connectivity index (χ2n) is 4.45. The number of hydrogen-bond donors (Lipinski definition) is 1. The zero-order chi connectivity index (χ0) is 16.2. The molecule has 6 nitrogen and oxygen atoms in total. The summed E-state index contributed by atoms with van der Waals surface area (Å²) in [5.41, 5.74) is 0.778. The number of nitrogens with zero attached hydrogens (tertiary/aromatic N) is 4. The summed E-state index contributed by atoms with van der Waals surface area (Å²) in [6, 6.07) is 5.22. The van der Waals surface area contributed by atoms with Crippen LogP contribution in [0.5, 0.6) is 0 Å². The van der Waals surface area contributed by atoms with Gasteiger partial charge < -0.3 is 4.74 Å². The molecule has 0 fully saturated rings. The second kappa shape index (κ2) is 7.59. The van der Waals surface area contributed by atoms with E-state index in [0.717, 1.165) is 15.7 Å². The van der Waals surface area contributed by atoms with Crippen LogP contribution < -0.4 is 0 Å². The Bertz CT molecular complexity index is 787. The van der Waals surface area contributed by atoms with Crippen LogP contribution in [-0.2, 0) is 11.2 Å². The van der Waals surface area contributed by atoms with E-state index in [0.29, 0.717) is 34.1 Å². The number of hydrogen-bond acceptors (Lipinski definition) is 7. The zero-order valence-corrected chi connectivity index (χ0v) is 15.1. The van der Waals surface area contributed by atoms with Gasteiger partial charge in [0.25, 0.3) is 0 Å². The summed E-state index contributed by atoms with van der Waals surface area (Å²) < 4.78 is 10.1. The molecule has 0 aliphatic carbocycles. The lowest BCUT2D eigenvalue weighted by atomic mass is 10.2. The molecule has 1 N–H and O–H groups in total. The predicted molar refractivity (Wildman–Crippen MR) is 91.5 cm³/mol. The maximum atomic E-state index is 6.00. The first kappa shape index (κ1) is 16.7. The molecule has 0 aliphatic rings. The molecule has 23 heavy (non-hydrogen) atoms. The van der Waals surface area contributed by atoms with E-state index < -0.39 is 0 Å². The molecule has 3 aromatic rings. The molecule has 2 heterocycles. The van der Waals surface area contributed by atoms with E-state index in [9.17, 15) is 0 Å². The van der Waals surface area contributed by atoms with Crippen molar-refractivity contribution in [2.75, 3.05) is 13.7 Å². The number of aromatic amines is 1. The third-order valence-electron chi connectivity index (χ3n) is 2.76. The molecule has 0 spiro atoms. The summed E-state index contributed by atoms with van der Waals surface area (Å²) in [5, 5.41) is 8.70. The van der Waals surface area contributed by atoms with Gasteiger partial charge in [-0.2, -0.15) is 4.37 Å². The Balaban J connectivity index is 1.73. The minimum absolute atomic E-state index is 0.546. The van der Waals surface area contributed by atoms with Crippen LogP contribution in [0.1, 0.15) is 5.82 Å². The fourth-order valence-corrected chi connectivity index (χ4v) is 3.77. The van der Waals surface area contributed by atoms with Crippen LogP contribution in [0.4, 0.5) is 0 Å². The molecule has 0 radical (unpaired) electrons. The fourth-order valence-electron chi connectivity index (χ4n) is 1.76. The molecule has 0 unspecified atom stereocenters. The molecule has 0 atom stereocenters. The summed E-state index contributed by atoms with van der Waals surface area (Å²) in [6.07, 6.45) is 0.688. The molecular formula is C13H11Cl2N5OS2. The van der Waals surface area contributed by atoms with Crippen LogP contribution >= 0.6 is 46.5 Å². The fraction of sp³-hybridized carbons (Fsp3) is 0.231. The molecule has 3 rings (SSSR count). The number of rotatable bonds is 6. The summed E-state index contributed by atoms with van der Waals surface area (Å²) in [5.74, 6) is 1.36. The minimum atomic E-state index is 0.546. The lowest BCUT2D eigenvalue weighted by Crippen LogP contribution is -1.95. The first-order valence-electron chi connectivity index (χ1n) is 6.52. The molecular weight excluding hydrogens is 377 g/mol. The summed E-state index contributed by atoms with van der Waals surface area (Å²) >= 11 is 14.7. The molecule has 0 saturated heterocycles. The Kier molecular flexibility index (Phi) is 5.50. The summed E-state index contributed by atoms with van der Waals surface area (Å²) in [6.45, 7) is 0.598. The largest absolute Gasteiger partial charge is 0.384 e. The molecule has 0 amide bonds. The SMILES string of the molecule is COCCc1nsc(Sc2n[nH]c(-c3cc(Cl)cc(Cl)c3)n2)n1. The van der Waals surface area contributed by atoms with E-state index in [4.69, 9.17) is 27.9 Å². The van der Waals surface area contributed by atoms with Gasteiger partial charge >= 0.3 is 0 Å². The van der Waals surface area contributed by atoms with Crippen LogP contribution in [0.3, 0.4) is 0 Å². The number of methoxy groups -OCH3 is 1. The van der Waals surface area contributed by atoms with Crippen LogP contribution in [-0.4, -0.2) is 38.3 Å². The lowest BCUT2D eigenvalue weighted by Gasteiger charge is -1.98. The van der Waals surface area contributed by atoms with Crippen molar-refractivity contribution in [2.45, 2.75) is 15.9 Å². The standard InChI is InChI=1S/C13H11Cl2N5OS2/c1-21-3-2-10-16-13(23-20-10)22-12-17-11(18-19-12)7-4-8(14)6-9(15)5-7/h4-6H,2-3H2,1H3,(H,17,18,19). The van der Waals surface area contributed by atoms with Crippen LogP contribution in [0.25, 0.3) is 11.4 Å². The van der Waals surface area contributed by atoms with E-state index in [2.05, 4.69) is 24.5 Å².